The van der Waals surface area contributed by atoms with Crippen molar-refractivity contribution < 1.29 is 9.53 Å². The zero-order valence-corrected chi connectivity index (χ0v) is 12.1. The first-order valence-corrected chi connectivity index (χ1v) is 7.60. The third kappa shape index (κ3) is 8.46. The SMILES string of the molecule is CNCCCSCCOC(=O)/C=C/c1ccccc1. The number of hydrogen-bond acceptors (Lipinski definition) is 4. The van der Waals surface area contributed by atoms with Gasteiger partial charge in [-0.25, -0.2) is 4.79 Å². The highest BCUT2D eigenvalue weighted by Crippen LogP contribution is 2.03. The Bertz CT molecular complexity index is 379. The van der Waals surface area contributed by atoms with Crippen LogP contribution in [0.15, 0.2) is 36.4 Å². The lowest BCUT2D eigenvalue weighted by atomic mass is 10.2. The van der Waals surface area contributed by atoms with Gasteiger partial charge in [0.1, 0.15) is 6.61 Å². The highest BCUT2D eigenvalue weighted by molar-refractivity contribution is 7.99. The van der Waals surface area contributed by atoms with Crippen LogP contribution >= 0.6 is 11.8 Å². The maximum Gasteiger partial charge on any atom is 0.330 e. The van der Waals surface area contributed by atoms with Gasteiger partial charge in [0.2, 0.25) is 0 Å². The predicted molar refractivity (Wildman–Crippen MR) is 82.3 cm³/mol. The Balaban J connectivity index is 2.07. The van der Waals surface area contributed by atoms with Gasteiger partial charge < -0.3 is 10.1 Å². The zero-order valence-electron chi connectivity index (χ0n) is 11.3. The van der Waals surface area contributed by atoms with E-state index in [0.29, 0.717) is 6.61 Å². The Kier molecular flexibility index (Phi) is 8.85. The van der Waals surface area contributed by atoms with Gasteiger partial charge in [-0.05, 0) is 37.4 Å². The standard InChI is InChI=1S/C15H21NO2S/c1-16-10-5-12-19-13-11-18-15(17)9-8-14-6-3-2-4-7-14/h2-4,6-9,16H,5,10-13H2,1H3/b9-8+. The van der Waals surface area contributed by atoms with E-state index >= 15 is 0 Å². The average molecular weight is 279 g/mol. The van der Waals surface area contributed by atoms with E-state index in [2.05, 4.69) is 5.32 Å². The van der Waals surface area contributed by atoms with E-state index < -0.39 is 0 Å². The van der Waals surface area contributed by atoms with E-state index in [1.165, 1.54) is 6.08 Å². The van der Waals surface area contributed by atoms with Gasteiger partial charge in [0.25, 0.3) is 0 Å². The van der Waals surface area contributed by atoms with Gasteiger partial charge in [-0.2, -0.15) is 11.8 Å². The summed E-state index contributed by atoms with van der Waals surface area (Å²) in [5, 5.41) is 3.10. The summed E-state index contributed by atoms with van der Waals surface area (Å²) in [6.07, 6.45) is 4.38. The maximum atomic E-state index is 11.4. The van der Waals surface area contributed by atoms with Crippen molar-refractivity contribution in [3.05, 3.63) is 42.0 Å². The molecule has 0 unspecified atom stereocenters. The van der Waals surface area contributed by atoms with Crippen LogP contribution in [0, 0.1) is 0 Å². The van der Waals surface area contributed by atoms with Gasteiger partial charge in [0, 0.05) is 11.8 Å². The highest BCUT2D eigenvalue weighted by atomic mass is 32.2. The van der Waals surface area contributed by atoms with Crippen molar-refractivity contribution in [2.45, 2.75) is 6.42 Å². The molecule has 0 atom stereocenters. The summed E-state index contributed by atoms with van der Waals surface area (Å²) in [6, 6.07) is 9.71. The number of rotatable bonds is 9. The lowest BCUT2D eigenvalue weighted by Crippen LogP contribution is -2.09. The molecular weight excluding hydrogens is 258 g/mol. The Morgan fingerprint density at radius 2 is 2.11 bits per heavy atom. The lowest BCUT2D eigenvalue weighted by Gasteiger charge is -2.02. The molecule has 19 heavy (non-hydrogen) atoms. The molecule has 0 bridgehead atoms. The number of hydrogen-bond donors (Lipinski definition) is 1. The second kappa shape index (κ2) is 10.6. The molecule has 0 radical (unpaired) electrons. The number of nitrogens with one attached hydrogen (secondary N) is 1. The van der Waals surface area contributed by atoms with Crippen molar-refractivity contribution in [2.24, 2.45) is 0 Å². The summed E-state index contributed by atoms with van der Waals surface area (Å²) >= 11 is 1.81. The summed E-state index contributed by atoms with van der Waals surface area (Å²) in [5.41, 5.74) is 1.00. The molecule has 0 heterocycles. The van der Waals surface area contributed by atoms with Crippen LogP contribution in [-0.2, 0) is 9.53 Å². The molecule has 1 aromatic rings. The van der Waals surface area contributed by atoms with Crippen molar-refractivity contribution in [2.75, 3.05) is 31.7 Å². The molecule has 0 spiro atoms. The third-order valence-electron chi connectivity index (χ3n) is 2.40. The first-order valence-electron chi connectivity index (χ1n) is 6.45. The molecule has 3 nitrogen and oxygen atoms in total. The molecule has 0 fully saturated rings. The van der Waals surface area contributed by atoms with Crippen molar-refractivity contribution >= 4 is 23.8 Å². The molecule has 104 valence electrons. The van der Waals surface area contributed by atoms with Crippen LogP contribution in [0.1, 0.15) is 12.0 Å². The van der Waals surface area contributed by atoms with E-state index in [1.54, 1.807) is 6.08 Å². The summed E-state index contributed by atoms with van der Waals surface area (Å²) in [7, 11) is 1.95. The van der Waals surface area contributed by atoms with Crippen LogP contribution in [0.25, 0.3) is 6.08 Å². The number of ether oxygens (including phenoxy) is 1. The van der Waals surface area contributed by atoms with Gasteiger partial charge in [-0.1, -0.05) is 30.3 Å². The van der Waals surface area contributed by atoms with Crippen LogP contribution in [0.4, 0.5) is 0 Å². The van der Waals surface area contributed by atoms with Gasteiger partial charge >= 0.3 is 5.97 Å². The average Bonchev–Trinajstić information content (AvgIpc) is 2.45. The molecule has 0 aromatic heterocycles. The van der Waals surface area contributed by atoms with Gasteiger partial charge in [0.05, 0.1) is 0 Å². The van der Waals surface area contributed by atoms with E-state index in [1.807, 2.05) is 49.1 Å². The van der Waals surface area contributed by atoms with Crippen molar-refractivity contribution in [1.82, 2.24) is 5.32 Å². The summed E-state index contributed by atoms with van der Waals surface area (Å²) in [4.78, 5) is 11.4. The van der Waals surface area contributed by atoms with E-state index in [9.17, 15) is 4.79 Å². The van der Waals surface area contributed by atoms with Gasteiger partial charge in [-0.3, -0.25) is 0 Å². The molecule has 1 aromatic carbocycles. The van der Waals surface area contributed by atoms with Crippen LogP contribution in [-0.4, -0.2) is 37.7 Å². The molecule has 0 amide bonds. The number of thioether (sulfide) groups is 1. The van der Waals surface area contributed by atoms with Crippen molar-refractivity contribution in [3.8, 4) is 0 Å². The second-order valence-electron chi connectivity index (χ2n) is 3.98. The largest absolute Gasteiger partial charge is 0.462 e. The fraction of sp³-hybridized carbons (Fsp3) is 0.400. The van der Waals surface area contributed by atoms with Gasteiger partial charge in [0.15, 0.2) is 0 Å². The summed E-state index contributed by atoms with van der Waals surface area (Å²) in [5.74, 6) is 1.67. The molecule has 0 saturated heterocycles. The molecule has 0 saturated carbocycles. The second-order valence-corrected chi connectivity index (χ2v) is 5.21. The topological polar surface area (TPSA) is 38.3 Å². The van der Waals surface area contributed by atoms with E-state index in [0.717, 1.165) is 30.0 Å². The first-order chi connectivity index (χ1) is 9.33. The number of carbonyl (C=O) groups excluding carboxylic acids is 1. The van der Waals surface area contributed by atoms with Crippen LogP contribution in [0.3, 0.4) is 0 Å². The lowest BCUT2D eigenvalue weighted by molar-refractivity contribution is -0.137. The summed E-state index contributed by atoms with van der Waals surface area (Å²) < 4.78 is 5.11. The predicted octanol–water partition coefficient (Wildman–Crippen LogP) is 2.59. The molecule has 0 aliphatic heterocycles. The minimum absolute atomic E-state index is 0.278. The fourth-order valence-electron chi connectivity index (χ4n) is 1.43. The third-order valence-corrected chi connectivity index (χ3v) is 3.43. The molecule has 1 rings (SSSR count). The molecule has 1 N–H and O–H groups in total. The zero-order chi connectivity index (χ0) is 13.8. The first kappa shape index (κ1) is 15.8. The quantitative estimate of drug-likeness (QED) is 0.428. The van der Waals surface area contributed by atoms with E-state index in [-0.39, 0.29) is 5.97 Å². The molecule has 0 aliphatic rings. The normalized spacial score (nSPS) is 10.8. The number of benzene rings is 1. The number of carbonyl (C=O) groups is 1. The monoisotopic (exact) mass is 279 g/mol. The van der Waals surface area contributed by atoms with Crippen LogP contribution in [0.5, 0.6) is 0 Å². The smallest absolute Gasteiger partial charge is 0.330 e. The Labute approximate surface area is 119 Å². The maximum absolute atomic E-state index is 11.4. The number of esters is 1. The van der Waals surface area contributed by atoms with Crippen molar-refractivity contribution in [3.63, 3.8) is 0 Å². The van der Waals surface area contributed by atoms with Crippen LogP contribution < -0.4 is 5.32 Å². The van der Waals surface area contributed by atoms with E-state index in [4.69, 9.17) is 4.74 Å². The van der Waals surface area contributed by atoms with Gasteiger partial charge in [-0.15, -0.1) is 0 Å². The molecule has 4 heteroatoms. The highest BCUT2D eigenvalue weighted by Gasteiger charge is 1.97. The van der Waals surface area contributed by atoms with Crippen molar-refractivity contribution in [1.29, 1.82) is 0 Å². The Morgan fingerprint density at radius 3 is 2.84 bits per heavy atom. The van der Waals surface area contributed by atoms with Crippen LogP contribution in [0.2, 0.25) is 0 Å². The Hall–Kier alpha value is -1.26. The minimum Gasteiger partial charge on any atom is -0.462 e. The summed E-state index contributed by atoms with van der Waals surface area (Å²) in [6.45, 7) is 1.51. The minimum atomic E-state index is -0.278. The Morgan fingerprint density at radius 1 is 1.32 bits per heavy atom. The molecular formula is C15H21NO2S. The molecule has 0 aliphatic carbocycles. The fourth-order valence-corrected chi connectivity index (χ4v) is 2.18.